The van der Waals surface area contributed by atoms with Gasteiger partial charge in [0.2, 0.25) is 0 Å². The lowest BCUT2D eigenvalue weighted by Gasteiger charge is -2.16. The van der Waals surface area contributed by atoms with Gasteiger partial charge in [-0.15, -0.1) is 0 Å². The maximum Gasteiger partial charge on any atom is 0.268 e. The molecule has 1 heterocycles. The van der Waals surface area contributed by atoms with Crippen LogP contribution in [-0.2, 0) is 13.5 Å². The molecule has 21 heavy (non-hydrogen) atoms. The predicted molar refractivity (Wildman–Crippen MR) is 83.9 cm³/mol. The number of aliphatic hydroxyl groups excluding tert-OH is 1. The topological polar surface area (TPSA) is 54.3 Å². The number of hydrogen-bond acceptors (Lipinski definition) is 2. The van der Waals surface area contributed by atoms with Crippen molar-refractivity contribution in [1.29, 1.82) is 0 Å². The van der Waals surface area contributed by atoms with Crippen molar-refractivity contribution < 1.29 is 9.90 Å². The van der Waals surface area contributed by atoms with Crippen LogP contribution in [0.1, 0.15) is 16.1 Å². The first-order chi connectivity index (χ1) is 10.0. The summed E-state index contributed by atoms with van der Waals surface area (Å²) in [5, 5.41) is 12.9. The molecule has 1 aromatic heterocycles. The summed E-state index contributed by atoms with van der Waals surface area (Å²) < 4.78 is 1.51. The number of rotatable bonds is 5. The fourth-order valence-electron chi connectivity index (χ4n) is 2.08. The first-order valence-corrected chi connectivity index (χ1v) is 7.25. The third kappa shape index (κ3) is 3.79. The van der Waals surface area contributed by atoms with Gasteiger partial charge in [-0.25, -0.2) is 0 Å². The summed E-state index contributed by atoms with van der Waals surface area (Å²) in [6.45, 7) is -0.146. The Morgan fingerprint density at radius 1 is 1.33 bits per heavy atom. The smallest absolute Gasteiger partial charge is 0.268 e. The molecule has 2 aromatic rings. The van der Waals surface area contributed by atoms with E-state index in [1.165, 1.54) is 10.6 Å². The Kier molecular flexibility index (Phi) is 5.28. The highest BCUT2D eigenvalue weighted by Gasteiger charge is 2.19. The van der Waals surface area contributed by atoms with Crippen molar-refractivity contribution in [3.8, 4) is 0 Å². The zero-order valence-corrected chi connectivity index (χ0v) is 13.0. The average Bonchev–Trinajstić information content (AvgIpc) is 2.75. The van der Waals surface area contributed by atoms with E-state index in [9.17, 15) is 9.90 Å². The van der Waals surface area contributed by atoms with Crippen molar-refractivity contribution in [2.75, 3.05) is 6.61 Å². The molecule has 0 saturated carbocycles. The summed E-state index contributed by atoms with van der Waals surface area (Å²) in [6, 6.07) is 10.8. The van der Waals surface area contributed by atoms with Crippen molar-refractivity contribution in [3.63, 3.8) is 0 Å². The van der Waals surface area contributed by atoms with Crippen LogP contribution in [0.2, 0.25) is 10.2 Å². The Morgan fingerprint density at radius 2 is 2.00 bits per heavy atom. The van der Waals surface area contributed by atoms with E-state index in [1.807, 2.05) is 30.3 Å². The van der Waals surface area contributed by atoms with Crippen LogP contribution in [0.3, 0.4) is 0 Å². The first kappa shape index (κ1) is 15.9. The summed E-state index contributed by atoms with van der Waals surface area (Å²) in [6.07, 6.45) is 0.551. The van der Waals surface area contributed by atoms with Crippen molar-refractivity contribution in [2.24, 2.45) is 7.05 Å². The first-order valence-electron chi connectivity index (χ1n) is 6.49. The Hall–Kier alpha value is -1.49. The zero-order chi connectivity index (χ0) is 15.4. The van der Waals surface area contributed by atoms with E-state index < -0.39 is 0 Å². The molecule has 1 amide bonds. The van der Waals surface area contributed by atoms with Crippen LogP contribution < -0.4 is 5.32 Å². The lowest BCUT2D eigenvalue weighted by molar-refractivity contribution is 0.0908. The minimum absolute atomic E-state index is 0.146. The number of amides is 1. The van der Waals surface area contributed by atoms with Crippen LogP contribution in [0.4, 0.5) is 0 Å². The maximum absolute atomic E-state index is 12.2. The second-order valence-corrected chi connectivity index (χ2v) is 5.54. The zero-order valence-electron chi connectivity index (χ0n) is 11.5. The molecule has 2 N–H and O–H groups in total. The van der Waals surface area contributed by atoms with E-state index in [-0.39, 0.29) is 18.6 Å². The van der Waals surface area contributed by atoms with Gasteiger partial charge in [-0.05, 0) is 18.1 Å². The second-order valence-electron chi connectivity index (χ2n) is 4.77. The molecule has 1 atom stereocenters. The summed E-state index contributed by atoms with van der Waals surface area (Å²) >= 11 is 11.8. The lowest BCUT2D eigenvalue weighted by atomic mass is 10.1. The Bertz CT molecular complexity index is 626. The Morgan fingerprint density at radius 3 is 2.52 bits per heavy atom. The number of carbonyl (C=O) groups is 1. The molecule has 6 heteroatoms. The van der Waals surface area contributed by atoms with E-state index in [1.54, 1.807) is 7.05 Å². The van der Waals surface area contributed by atoms with Crippen LogP contribution in [0.25, 0.3) is 0 Å². The number of hydrogen-bond donors (Lipinski definition) is 2. The van der Waals surface area contributed by atoms with Gasteiger partial charge in [-0.2, -0.15) is 0 Å². The van der Waals surface area contributed by atoms with Crippen molar-refractivity contribution in [3.05, 3.63) is 57.8 Å². The standard InChI is InChI=1S/C15H16Cl2N2O2/c1-19-13(8-12(16)14(19)17)15(21)18-11(9-20)7-10-5-3-2-4-6-10/h2-6,8,11,20H,7,9H2,1H3,(H,18,21). The van der Waals surface area contributed by atoms with Gasteiger partial charge in [0.15, 0.2) is 0 Å². The van der Waals surface area contributed by atoms with E-state index in [0.29, 0.717) is 22.3 Å². The van der Waals surface area contributed by atoms with Gasteiger partial charge in [0.05, 0.1) is 17.7 Å². The molecule has 1 aromatic carbocycles. The minimum atomic E-state index is -0.368. The number of nitrogens with one attached hydrogen (secondary N) is 1. The molecule has 0 spiro atoms. The van der Waals surface area contributed by atoms with E-state index >= 15 is 0 Å². The molecule has 0 bridgehead atoms. The summed E-state index contributed by atoms with van der Waals surface area (Å²) in [7, 11) is 1.66. The van der Waals surface area contributed by atoms with Crippen LogP contribution in [-0.4, -0.2) is 28.2 Å². The highest BCUT2D eigenvalue weighted by molar-refractivity contribution is 6.41. The van der Waals surface area contributed by atoms with Gasteiger partial charge < -0.3 is 15.0 Å². The summed E-state index contributed by atoms with van der Waals surface area (Å²) in [5.74, 6) is -0.318. The van der Waals surface area contributed by atoms with Crippen LogP contribution in [0, 0.1) is 0 Å². The molecule has 1 unspecified atom stereocenters. The van der Waals surface area contributed by atoms with Gasteiger partial charge in [0.25, 0.3) is 5.91 Å². The molecule has 0 aliphatic heterocycles. The number of carbonyl (C=O) groups excluding carboxylic acids is 1. The van der Waals surface area contributed by atoms with Gasteiger partial charge in [-0.3, -0.25) is 4.79 Å². The van der Waals surface area contributed by atoms with Crippen molar-refractivity contribution in [1.82, 2.24) is 9.88 Å². The summed E-state index contributed by atoms with van der Waals surface area (Å²) in [4.78, 5) is 12.2. The molecule has 0 aliphatic carbocycles. The normalized spacial score (nSPS) is 12.2. The van der Waals surface area contributed by atoms with Crippen LogP contribution in [0.15, 0.2) is 36.4 Å². The minimum Gasteiger partial charge on any atom is -0.394 e. The molecular weight excluding hydrogens is 311 g/mol. The lowest BCUT2D eigenvalue weighted by Crippen LogP contribution is -2.39. The molecule has 2 rings (SSSR count). The monoisotopic (exact) mass is 326 g/mol. The van der Waals surface area contributed by atoms with Crippen LogP contribution in [0.5, 0.6) is 0 Å². The maximum atomic E-state index is 12.2. The molecule has 0 saturated heterocycles. The van der Waals surface area contributed by atoms with Gasteiger partial charge in [0, 0.05) is 7.05 Å². The van der Waals surface area contributed by atoms with Crippen molar-refractivity contribution in [2.45, 2.75) is 12.5 Å². The molecule has 112 valence electrons. The average molecular weight is 327 g/mol. The van der Waals surface area contributed by atoms with Crippen molar-refractivity contribution >= 4 is 29.1 Å². The fourth-order valence-corrected chi connectivity index (χ4v) is 2.46. The van der Waals surface area contributed by atoms with Crippen LogP contribution >= 0.6 is 23.2 Å². The number of nitrogens with zero attached hydrogens (tertiary/aromatic N) is 1. The fraction of sp³-hybridized carbons (Fsp3) is 0.267. The number of aromatic nitrogens is 1. The molecule has 4 nitrogen and oxygen atoms in total. The largest absolute Gasteiger partial charge is 0.394 e. The summed E-state index contributed by atoms with van der Waals surface area (Å²) in [5.41, 5.74) is 1.40. The SMILES string of the molecule is Cn1c(C(=O)NC(CO)Cc2ccccc2)cc(Cl)c1Cl. The highest BCUT2D eigenvalue weighted by atomic mass is 35.5. The third-order valence-corrected chi connectivity index (χ3v) is 4.07. The predicted octanol–water partition coefficient (Wildman–Crippen LogP) is 2.67. The number of benzene rings is 1. The van der Waals surface area contributed by atoms with Gasteiger partial charge in [0.1, 0.15) is 10.8 Å². The Labute approximate surface area is 133 Å². The molecule has 0 radical (unpaired) electrons. The van der Waals surface area contributed by atoms with Gasteiger partial charge >= 0.3 is 0 Å². The molecule has 0 fully saturated rings. The Balaban J connectivity index is 2.07. The molecular formula is C15H16Cl2N2O2. The van der Waals surface area contributed by atoms with E-state index in [2.05, 4.69) is 5.32 Å². The third-order valence-electron chi connectivity index (χ3n) is 3.23. The number of aliphatic hydroxyl groups is 1. The van der Waals surface area contributed by atoms with E-state index in [4.69, 9.17) is 23.2 Å². The van der Waals surface area contributed by atoms with E-state index in [0.717, 1.165) is 5.56 Å². The number of halogens is 2. The quantitative estimate of drug-likeness (QED) is 0.887. The highest BCUT2D eigenvalue weighted by Crippen LogP contribution is 2.25. The van der Waals surface area contributed by atoms with Gasteiger partial charge in [-0.1, -0.05) is 53.5 Å². The second kappa shape index (κ2) is 6.98. The molecule has 0 aliphatic rings.